The van der Waals surface area contributed by atoms with Crippen LogP contribution in [0.15, 0.2) is 18.2 Å². The molecule has 1 aromatic carbocycles. The molecule has 0 saturated carbocycles. The summed E-state index contributed by atoms with van der Waals surface area (Å²) in [4.78, 5) is 28.3. The van der Waals surface area contributed by atoms with Crippen LogP contribution >= 0.6 is 0 Å². The summed E-state index contributed by atoms with van der Waals surface area (Å²) in [5, 5.41) is 16.1. The number of fused-ring (bicyclic) bond motifs is 4. The minimum absolute atomic E-state index is 0.0577. The third-order valence-electron chi connectivity index (χ3n) is 7.95. The lowest BCUT2D eigenvalue weighted by Crippen LogP contribution is -2.48. The van der Waals surface area contributed by atoms with Crippen molar-refractivity contribution in [3.63, 3.8) is 0 Å². The fourth-order valence-corrected chi connectivity index (χ4v) is 6.07. The summed E-state index contributed by atoms with van der Waals surface area (Å²) in [5.74, 6) is -0.218. The molecule has 4 atom stereocenters. The molecule has 0 aromatic heterocycles. The molecule has 3 N–H and O–H groups in total. The van der Waals surface area contributed by atoms with Crippen molar-refractivity contribution in [2.75, 3.05) is 51.3 Å². The fraction of sp³-hybridized carbons (Fsp3) is 0.704. The zero-order chi connectivity index (χ0) is 24.9. The van der Waals surface area contributed by atoms with E-state index in [1.807, 2.05) is 18.2 Å². The van der Waals surface area contributed by atoms with E-state index in [1.54, 1.807) is 0 Å². The highest BCUT2D eigenvalue weighted by Gasteiger charge is 2.46. The van der Waals surface area contributed by atoms with E-state index in [9.17, 15) is 14.7 Å². The Morgan fingerprint density at radius 3 is 2.78 bits per heavy atom. The maximum atomic E-state index is 13.1. The van der Waals surface area contributed by atoms with Crippen LogP contribution < -0.4 is 15.4 Å². The molecule has 9 heteroatoms. The Morgan fingerprint density at radius 1 is 1.19 bits per heavy atom. The summed E-state index contributed by atoms with van der Waals surface area (Å²) in [7, 11) is 0. The van der Waals surface area contributed by atoms with Crippen molar-refractivity contribution >= 4 is 17.5 Å². The smallest absolute Gasteiger partial charge is 0.230 e. The SMILES string of the molecule is O=C(C[C@H]1C[C@H]2c3cc(ccc3OC3CCOCC3)NC(=O)[C@H]2[C@@H](CO)O1)NCCN1CCCCC1. The fourth-order valence-electron chi connectivity index (χ4n) is 6.07. The molecule has 4 aliphatic heterocycles. The van der Waals surface area contributed by atoms with Crippen LogP contribution in [-0.2, 0) is 19.1 Å². The van der Waals surface area contributed by atoms with Gasteiger partial charge in [0.15, 0.2) is 0 Å². The second-order valence-electron chi connectivity index (χ2n) is 10.5. The van der Waals surface area contributed by atoms with Crippen molar-refractivity contribution < 1.29 is 28.9 Å². The lowest BCUT2D eigenvalue weighted by molar-refractivity contribution is -0.148. The molecule has 5 rings (SSSR count). The Balaban J connectivity index is 1.27. The molecular formula is C27H39N3O6. The maximum Gasteiger partial charge on any atom is 0.230 e. The number of benzene rings is 1. The minimum Gasteiger partial charge on any atom is -0.490 e. The molecule has 36 heavy (non-hydrogen) atoms. The van der Waals surface area contributed by atoms with Gasteiger partial charge in [0.25, 0.3) is 0 Å². The first kappa shape index (κ1) is 25.4. The number of nitrogens with zero attached hydrogens (tertiary/aromatic N) is 1. The summed E-state index contributed by atoms with van der Waals surface area (Å²) in [6.45, 7) is 4.76. The molecular weight excluding hydrogens is 462 g/mol. The number of piperidine rings is 1. The van der Waals surface area contributed by atoms with E-state index in [1.165, 1.54) is 19.3 Å². The Bertz CT molecular complexity index is 915. The molecule has 198 valence electrons. The molecule has 2 amide bonds. The predicted octanol–water partition coefficient (Wildman–Crippen LogP) is 2.04. The van der Waals surface area contributed by atoms with Crippen LogP contribution in [0.25, 0.3) is 0 Å². The summed E-state index contributed by atoms with van der Waals surface area (Å²) < 4.78 is 18.0. The summed E-state index contributed by atoms with van der Waals surface area (Å²) in [5.41, 5.74) is 1.66. The zero-order valence-electron chi connectivity index (χ0n) is 21.0. The molecule has 3 fully saturated rings. The molecule has 0 unspecified atom stereocenters. The third-order valence-corrected chi connectivity index (χ3v) is 7.95. The van der Waals surface area contributed by atoms with Gasteiger partial charge in [-0.1, -0.05) is 6.42 Å². The molecule has 1 aromatic rings. The zero-order valence-corrected chi connectivity index (χ0v) is 21.0. The van der Waals surface area contributed by atoms with Crippen molar-refractivity contribution in [2.24, 2.45) is 5.92 Å². The Labute approximate surface area is 212 Å². The summed E-state index contributed by atoms with van der Waals surface area (Å²) in [6, 6.07) is 5.76. The highest BCUT2D eigenvalue weighted by Crippen LogP contribution is 2.46. The number of carbonyl (C=O) groups is 2. The standard InChI is InChI=1S/C27H39N3O6/c31-17-24-26-22(15-20(36-24)16-25(32)28-8-11-30-9-2-1-3-10-30)21-14-18(29-27(26)33)4-5-23(21)35-19-6-12-34-13-7-19/h4-5,14,19-20,22,24,26,31H,1-3,6-13,15-17H2,(H,28,32)(H,29,33)/t20-,22+,24-,26-/m1/s1. The van der Waals surface area contributed by atoms with E-state index < -0.39 is 12.0 Å². The Kier molecular flexibility index (Phi) is 8.41. The minimum atomic E-state index is -0.680. The van der Waals surface area contributed by atoms with Crippen LogP contribution in [-0.4, -0.2) is 86.1 Å². The summed E-state index contributed by atoms with van der Waals surface area (Å²) >= 11 is 0. The average molecular weight is 502 g/mol. The monoisotopic (exact) mass is 501 g/mol. The molecule has 9 nitrogen and oxygen atoms in total. The van der Waals surface area contributed by atoms with Crippen LogP contribution in [0.4, 0.5) is 5.69 Å². The number of nitrogens with one attached hydrogen (secondary N) is 2. The number of carbonyl (C=O) groups excluding carboxylic acids is 2. The lowest BCUT2D eigenvalue weighted by Gasteiger charge is -2.40. The lowest BCUT2D eigenvalue weighted by atomic mass is 9.76. The van der Waals surface area contributed by atoms with Gasteiger partial charge in [0.05, 0.1) is 44.4 Å². The van der Waals surface area contributed by atoms with Crippen LogP contribution in [0.5, 0.6) is 5.75 Å². The van der Waals surface area contributed by atoms with Crippen LogP contribution in [0, 0.1) is 5.92 Å². The van der Waals surface area contributed by atoms with E-state index >= 15 is 0 Å². The maximum absolute atomic E-state index is 13.1. The van der Waals surface area contributed by atoms with Gasteiger partial charge in [-0.3, -0.25) is 9.59 Å². The number of amides is 2. The topological polar surface area (TPSA) is 109 Å². The van der Waals surface area contributed by atoms with E-state index in [0.717, 1.165) is 43.8 Å². The van der Waals surface area contributed by atoms with Gasteiger partial charge in [-0.15, -0.1) is 0 Å². The number of hydrogen-bond acceptors (Lipinski definition) is 7. The van der Waals surface area contributed by atoms with Crippen LogP contribution in [0.2, 0.25) is 0 Å². The normalized spacial score (nSPS) is 29.1. The molecule has 4 heterocycles. The van der Waals surface area contributed by atoms with Gasteiger partial charge >= 0.3 is 0 Å². The molecule has 2 bridgehead atoms. The van der Waals surface area contributed by atoms with E-state index in [-0.39, 0.29) is 43.0 Å². The molecule has 0 radical (unpaired) electrons. The number of aliphatic hydroxyl groups is 1. The summed E-state index contributed by atoms with van der Waals surface area (Å²) in [6.07, 6.45) is 5.13. The van der Waals surface area contributed by atoms with Crippen molar-refractivity contribution in [2.45, 2.75) is 69.2 Å². The first-order valence-electron chi connectivity index (χ1n) is 13.6. The number of rotatable bonds is 8. The van der Waals surface area contributed by atoms with Gasteiger partial charge in [-0.25, -0.2) is 0 Å². The van der Waals surface area contributed by atoms with E-state index in [4.69, 9.17) is 14.2 Å². The molecule has 0 spiro atoms. The highest BCUT2D eigenvalue weighted by molar-refractivity contribution is 5.95. The first-order valence-corrected chi connectivity index (χ1v) is 13.6. The average Bonchev–Trinajstić information content (AvgIpc) is 3.00. The van der Waals surface area contributed by atoms with Crippen molar-refractivity contribution in [1.29, 1.82) is 0 Å². The Hall–Kier alpha value is -2.20. The highest BCUT2D eigenvalue weighted by atomic mass is 16.5. The van der Waals surface area contributed by atoms with Crippen LogP contribution in [0.1, 0.15) is 56.4 Å². The number of likely N-dealkylation sites (tertiary alicyclic amines) is 1. The van der Waals surface area contributed by atoms with Gasteiger partial charge in [-0.05, 0) is 50.6 Å². The number of anilines is 1. The van der Waals surface area contributed by atoms with Gasteiger partial charge in [0.2, 0.25) is 11.8 Å². The van der Waals surface area contributed by atoms with Crippen molar-refractivity contribution in [1.82, 2.24) is 10.2 Å². The van der Waals surface area contributed by atoms with Gasteiger partial charge in [0, 0.05) is 43.1 Å². The van der Waals surface area contributed by atoms with Crippen LogP contribution in [0.3, 0.4) is 0 Å². The van der Waals surface area contributed by atoms with Gasteiger partial charge < -0.3 is 34.9 Å². The molecule has 0 aliphatic carbocycles. The first-order chi connectivity index (χ1) is 17.6. The number of aliphatic hydroxyl groups excluding tert-OH is 1. The number of hydrogen-bond donors (Lipinski definition) is 3. The largest absolute Gasteiger partial charge is 0.490 e. The Morgan fingerprint density at radius 2 is 2.00 bits per heavy atom. The van der Waals surface area contributed by atoms with Gasteiger partial charge in [-0.2, -0.15) is 0 Å². The molecule has 3 saturated heterocycles. The van der Waals surface area contributed by atoms with E-state index in [0.29, 0.717) is 31.9 Å². The molecule has 4 aliphatic rings. The van der Waals surface area contributed by atoms with Crippen molar-refractivity contribution in [3.8, 4) is 5.75 Å². The second-order valence-corrected chi connectivity index (χ2v) is 10.5. The van der Waals surface area contributed by atoms with E-state index in [2.05, 4.69) is 15.5 Å². The quantitative estimate of drug-likeness (QED) is 0.500. The number of ether oxygens (including phenoxy) is 3. The predicted molar refractivity (Wildman–Crippen MR) is 134 cm³/mol. The third kappa shape index (κ3) is 6.02. The van der Waals surface area contributed by atoms with Gasteiger partial charge in [0.1, 0.15) is 11.9 Å². The second kappa shape index (κ2) is 11.9. The van der Waals surface area contributed by atoms with Crippen molar-refractivity contribution in [3.05, 3.63) is 23.8 Å².